The molecule has 1 atom stereocenters. The summed E-state index contributed by atoms with van der Waals surface area (Å²) in [4.78, 5) is 12.0. The van der Waals surface area contributed by atoms with Gasteiger partial charge < -0.3 is 10.4 Å². The lowest BCUT2D eigenvalue weighted by Crippen LogP contribution is -2.52. The highest BCUT2D eigenvalue weighted by molar-refractivity contribution is 4.99. The number of nitrogens with one attached hydrogen (secondary N) is 2. The van der Waals surface area contributed by atoms with Gasteiger partial charge >= 0.3 is 0 Å². The highest BCUT2D eigenvalue weighted by Gasteiger charge is 2.34. The minimum absolute atomic E-state index is 0.305. The average Bonchev–Trinajstić information content (AvgIpc) is 2.41. The van der Waals surface area contributed by atoms with Crippen LogP contribution in [0.25, 0.3) is 0 Å². The van der Waals surface area contributed by atoms with Crippen molar-refractivity contribution in [2.24, 2.45) is 0 Å². The standard InChI is InChI=1S/C12H21N5O/c1-2-5-12(18,11-15-8-14-9-16-11)17-10-3-6-13-7-4-10/h8-10,13,17-18H,2-7H2,1H3. The van der Waals surface area contributed by atoms with E-state index in [0.717, 1.165) is 32.4 Å². The van der Waals surface area contributed by atoms with Crippen molar-refractivity contribution in [2.45, 2.75) is 44.4 Å². The maximum absolute atomic E-state index is 10.8. The van der Waals surface area contributed by atoms with Crippen LogP contribution in [0.1, 0.15) is 38.4 Å². The second-order valence-corrected chi connectivity index (χ2v) is 4.74. The van der Waals surface area contributed by atoms with Crippen molar-refractivity contribution >= 4 is 0 Å². The summed E-state index contributed by atoms with van der Waals surface area (Å²) in [5.74, 6) is 0.415. The fourth-order valence-corrected chi connectivity index (χ4v) is 2.37. The highest BCUT2D eigenvalue weighted by atomic mass is 16.3. The van der Waals surface area contributed by atoms with E-state index in [1.165, 1.54) is 12.7 Å². The molecule has 1 aromatic rings. The first-order valence-corrected chi connectivity index (χ1v) is 6.58. The molecule has 0 radical (unpaired) electrons. The van der Waals surface area contributed by atoms with E-state index in [1.807, 2.05) is 6.92 Å². The third kappa shape index (κ3) is 3.22. The average molecular weight is 251 g/mol. The van der Waals surface area contributed by atoms with E-state index in [4.69, 9.17) is 0 Å². The lowest BCUT2D eigenvalue weighted by molar-refractivity contribution is -0.0315. The molecule has 0 saturated carbocycles. The Morgan fingerprint density at radius 3 is 2.67 bits per heavy atom. The van der Waals surface area contributed by atoms with Crippen LogP contribution in [0.2, 0.25) is 0 Å². The lowest BCUT2D eigenvalue weighted by Gasteiger charge is -2.34. The predicted molar refractivity (Wildman–Crippen MR) is 67.7 cm³/mol. The smallest absolute Gasteiger partial charge is 0.178 e. The molecule has 0 amide bonds. The van der Waals surface area contributed by atoms with Crippen LogP contribution < -0.4 is 10.6 Å². The van der Waals surface area contributed by atoms with E-state index in [9.17, 15) is 5.11 Å². The van der Waals surface area contributed by atoms with E-state index in [-0.39, 0.29) is 0 Å². The van der Waals surface area contributed by atoms with Crippen molar-refractivity contribution in [1.82, 2.24) is 25.6 Å². The normalized spacial score (nSPS) is 20.6. The van der Waals surface area contributed by atoms with Crippen LogP contribution in [-0.4, -0.2) is 39.2 Å². The summed E-state index contributed by atoms with van der Waals surface area (Å²) >= 11 is 0. The summed E-state index contributed by atoms with van der Waals surface area (Å²) < 4.78 is 0. The monoisotopic (exact) mass is 251 g/mol. The van der Waals surface area contributed by atoms with Crippen LogP contribution in [-0.2, 0) is 5.72 Å². The van der Waals surface area contributed by atoms with Gasteiger partial charge in [0.25, 0.3) is 0 Å². The van der Waals surface area contributed by atoms with Gasteiger partial charge in [-0.25, -0.2) is 15.0 Å². The molecular formula is C12H21N5O. The van der Waals surface area contributed by atoms with Crippen molar-refractivity contribution in [1.29, 1.82) is 0 Å². The third-order valence-corrected chi connectivity index (χ3v) is 3.26. The molecule has 18 heavy (non-hydrogen) atoms. The number of hydrogen-bond acceptors (Lipinski definition) is 6. The molecule has 2 rings (SSSR count). The molecule has 0 spiro atoms. The SMILES string of the molecule is CCCC(O)(NC1CCNCC1)c1ncncn1. The maximum Gasteiger partial charge on any atom is 0.178 e. The molecule has 1 fully saturated rings. The fourth-order valence-electron chi connectivity index (χ4n) is 2.37. The highest BCUT2D eigenvalue weighted by Crippen LogP contribution is 2.22. The van der Waals surface area contributed by atoms with Crippen molar-refractivity contribution < 1.29 is 5.11 Å². The molecule has 2 heterocycles. The van der Waals surface area contributed by atoms with Gasteiger partial charge in [0.15, 0.2) is 11.5 Å². The van der Waals surface area contributed by atoms with Gasteiger partial charge in [-0.2, -0.15) is 0 Å². The molecule has 0 bridgehead atoms. The minimum Gasteiger partial charge on any atom is -0.369 e. The Morgan fingerprint density at radius 1 is 1.39 bits per heavy atom. The molecule has 3 N–H and O–H groups in total. The number of hydrogen-bond donors (Lipinski definition) is 3. The molecule has 1 saturated heterocycles. The minimum atomic E-state index is -1.14. The molecule has 0 aromatic carbocycles. The summed E-state index contributed by atoms with van der Waals surface area (Å²) in [6.45, 7) is 4.00. The van der Waals surface area contributed by atoms with E-state index in [0.29, 0.717) is 18.3 Å². The van der Waals surface area contributed by atoms with Gasteiger partial charge in [-0.3, -0.25) is 5.32 Å². The fraction of sp³-hybridized carbons (Fsp3) is 0.750. The summed E-state index contributed by atoms with van der Waals surface area (Å²) in [5.41, 5.74) is -1.14. The van der Waals surface area contributed by atoms with E-state index in [1.54, 1.807) is 0 Å². The van der Waals surface area contributed by atoms with Gasteiger partial charge in [0.2, 0.25) is 0 Å². The van der Waals surface area contributed by atoms with E-state index in [2.05, 4.69) is 25.6 Å². The molecule has 0 aliphatic carbocycles. The second kappa shape index (κ2) is 6.17. The van der Waals surface area contributed by atoms with Crippen molar-refractivity contribution in [3.05, 3.63) is 18.5 Å². The molecule has 1 unspecified atom stereocenters. The van der Waals surface area contributed by atoms with Crippen LogP contribution in [0, 0.1) is 0 Å². The summed E-state index contributed by atoms with van der Waals surface area (Å²) in [6.07, 6.45) is 6.33. The first-order chi connectivity index (χ1) is 8.74. The Hall–Kier alpha value is -1.11. The molecule has 1 aliphatic heterocycles. The van der Waals surface area contributed by atoms with Gasteiger partial charge in [0.05, 0.1) is 0 Å². The van der Waals surface area contributed by atoms with Crippen LogP contribution in [0.4, 0.5) is 0 Å². The van der Waals surface area contributed by atoms with Crippen LogP contribution in [0.15, 0.2) is 12.7 Å². The zero-order valence-electron chi connectivity index (χ0n) is 10.8. The Kier molecular flexibility index (Phi) is 4.57. The number of aliphatic hydroxyl groups is 1. The quantitative estimate of drug-likeness (QED) is 0.647. The van der Waals surface area contributed by atoms with E-state index < -0.39 is 5.72 Å². The predicted octanol–water partition coefficient (Wildman–Crippen LogP) is 0.158. The van der Waals surface area contributed by atoms with Crippen LogP contribution >= 0.6 is 0 Å². The molecule has 6 nitrogen and oxygen atoms in total. The van der Waals surface area contributed by atoms with Crippen LogP contribution in [0.5, 0.6) is 0 Å². The van der Waals surface area contributed by atoms with Crippen molar-refractivity contribution in [3.63, 3.8) is 0 Å². The zero-order chi connectivity index (χ0) is 12.8. The van der Waals surface area contributed by atoms with Gasteiger partial charge in [0, 0.05) is 6.04 Å². The van der Waals surface area contributed by atoms with Crippen molar-refractivity contribution in [3.8, 4) is 0 Å². The summed E-state index contributed by atoms with van der Waals surface area (Å²) in [5, 5.41) is 17.4. The Labute approximate surface area is 107 Å². The van der Waals surface area contributed by atoms with Gasteiger partial charge in [-0.15, -0.1) is 0 Å². The number of nitrogens with zero attached hydrogens (tertiary/aromatic N) is 3. The van der Waals surface area contributed by atoms with Gasteiger partial charge in [-0.1, -0.05) is 13.3 Å². The molecule has 1 aliphatic rings. The molecule has 6 heteroatoms. The van der Waals surface area contributed by atoms with E-state index >= 15 is 0 Å². The number of rotatable bonds is 5. The second-order valence-electron chi connectivity index (χ2n) is 4.74. The van der Waals surface area contributed by atoms with Crippen LogP contribution in [0.3, 0.4) is 0 Å². The Bertz CT molecular complexity index is 355. The Balaban J connectivity index is 2.10. The third-order valence-electron chi connectivity index (χ3n) is 3.26. The molecule has 100 valence electrons. The Morgan fingerprint density at radius 2 is 2.06 bits per heavy atom. The molecular weight excluding hydrogens is 230 g/mol. The molecule has 1 aromatic heterocycles. The van der Waals surface area contributed by atoms with Gasteiger partial charge in [-0.05, 0) is 32.4 Å². The number of piperidine rings is 1. The summed E-state index contributed by atoms with van der Waals surface area (Å²) in [6, 6.07) is 0.305. The number of aromatic nitrogens is 3. The topological polar surface area (TPSA) is 83.0 Å². The lowest BCUT2D eigenvalue weighted by atomic mass is 10.0. The van der Waals surface area contributed by atoms with Gasteiger partial charge in [0.1, 0.15) is 12.7 Å². The maximum atomic E-state index is 10.8. The summed E-state index contributed by atoms with van der Waals surface area (Å²) in [7, 11) is 0. The largest absolute Gasteiger partial charge is 0.369 e. The van der Waals surface area contributed by atoms with Crippen molar-refractivity contribution in [2.75, 3.05) is 13.1 Å². The zero-order valence-corrected chi connectivity index (χ0v) is 10.8. The first kappa shape index (κ1) is 13.3. The first-order valence-electron chi connectivity index (χ1n) is 6.58.